The molecule has 1 aromatic carbocycles. The molecule has 1 fully saturated rings. The molecular weight excluding hydrogens is 384 g/mol. The van der Waals surface area contributed by atoms with E-state index in [0.29, 0.717) is 22.5 Å². The number of aromatic nitrogens is 5. The molecule has 1 aliphatic heterocycles. The Hall–Kier alpha value is -2.74. The number of thioether (sulfide) groups is 1. The van der Waals surface area contributed by atoms with Gasteiger partial charge in [0, 0.05) is 31.2 Å². The van der Waals surface area contributed by atoms with Crippen LogP contribution in [0.1, 0.15) is 41.5 Å². The molecule has 8 heteroatoms. The van der Waals surface area contributed by atoms with Crippen LogP contribution in [0.25, 0.3) is 5.69 Å². The number of hydrogen-bond donors (Lipinski definition) is 0. The third-order valence-corrected chi connectivity index (χ3v) is 5.96. The molecule has 0 radical (unpaired) electrons. The summed E-state index contributed by atoms with van der Waals surface area (Å²) < 4.78 is 1.76. The standard InChI is InChI=1S/C21H24N6OS/c1-15-6-8-17(9-7-15)27-18(14-29-21-22-10-4-11-23-21)19(24-25-27)20(28)26-12-3-5-16(2)13-26/h4,6-11,16H,3,5,12-14H2,1-2H3. The second kappa shape index (κ2) is 8.73. The van der Waals surface area contributed by atoms with Crippen LogP contribution in [0, 0.1) is 12.8 Å². The monoisotopic (exact) mass is 408 g/mol. The van der Waals surface area contributed by atoms with Crippen molar-refractivity contribution in [1.29, 1.82) is 0 Å². The summed E-state index contributed by atoms with van der Waals surface area (Å²) in [6.45, 7) is 5.77. The zero-order valence-electron chi connectivity index (χ0n) is 16.7. The summed E-state index contributed by atoms with van der Waals surface area (Å²) in [5, 5.41) is 9.28. The Labute approximate surface area is 174 Å². The number of rotatable bonds is 5. The summed E-state index contributed by atoms with van der Waals surface area (Å²) >= 11 is 1.48. The maximum atomic E-state index is 13.2. The van der Waals surface area contributed by atoms with Gasteiger partial charge in [-0.1, -0.05) is 41.6 Å². The second-order valence-electron chi connectivity index (χ2n) is 7.45. The number of carbonyl (C=O) groups is 1. The van der Waals surface area contributed by atoms with Gasteiger partial charge in [-0.25, -0.2) is 14.6 Å². The number of aryl methyl sites for hydroxylation is 1. The smallest absolute Gasteiger partial charge is 0.276 e. The topological polar surface area (TPSA) is 76.8 Å². The van der Waals surface area contributed by atoms with Crippen LogP contribution >= 0.6 is 11.8 Å². The first-order valence-corrected chi connectivity index (χ1v) is 10.8. The summed E-state index contributed by atoms with van der Waals surface area (Å²) in [5.41, 5.74) is 3.25. The molecule has 1 aliphatic rings. The highest BCUT2D eigenvalue weighted by Gasteiger charge is 2.28. The van der Waals surface area contributed by atoms with Crippen LogP contribution in [-0.4, -0.2) is 48.9 Å². The SMILES string of the molecule is Cc1ccc(-n2nnc(C(=O)N3CCCC(C)C3)c2CSc2ncccn2)cc1. The van der Waals surface area contributed by atoms with Crippen molar-refractivity contribution in [3.8, 4) is 5.69 Å². The Kier molecular flexibility index (Phi) is 5.89. The summed E-state index contributed by atoms with van der Waals surface area (Å²) in [5.74, 6) is 0.977. The molecule has 0 N–H and O–H groups in total. The number of hydrogen-bond acceptors (Lipinski definition) is 6. The molecule has 3 aromatic rings. The number of carbonyl (C=O) groups excluding carboxylic acids is 1. The number of benzene rings is 1. The minimum atomic E-state index is -0.0421. The van der Waals surface area contributed by atoms with E-state index in [0.717, 1.165) is 37.3 Å². The fourth-order valence-corrected chi connectivity index (χ4v) is 4.30. The van der Waals surface area contributed by atoms with Crippen LogP contribution in [0.3, 0.4) is 0 Å². The molecule has 0 aliphatic carbocycles. The van der Waals surface area contributed by atoms with Crippen LogP contribution in [0.2, 0.25) is 0 Å². The number of amides is 1. The Balaban J connectivity index is 1.66. The molecular formula is C21H24N6OS. The van der Waals surface area contributed by atoms with Gasteiger partial charge >= 0.3 is 0 Å². The molecule has 29 heavy (non-hydrogen) atoms. The molecule has 4 rings (SSSR count). The average molecular weight is 409 g/mol. The quantitative estimate of drug-likeness (QED) is 0.475. The Bertz CT molecular complexity index is 973. The zero-order chi connectivity index (χ0) is 20.2. The highest BCUT2D eigenvalue weighted by atomic mass is 32.2. The number of nitrogens with zero attached hydrogens (tertiary/aromatic N) is 6. The minimum absolute atomic E-state index is 0.0421. The van der Waals surface area contributed by atoms with Crippen molar-refractivity contribution in [3.05, 3.63) is 59.7 Å². The largest absolute Gasteiger partial charge is 0.337 e. The van der Waals surface area contributed by atoms with Crippen molar-refractivity contribution in [2.24, 2.45) is 5.92 Å². The van der Waals surface area contributed by atoms with Crippen LogP contribution < -0.4 is 0 Å². The van der Waals surface area contributed by atoms with Crippen molar-refractivity contribution in [2.45, 2.75) is 37.6 Å². The summed E-state index contributed by atoms with van der Waals surface area (Å²) in [7, 11) is 0. The van der Waals surface area contributed by atoms with E-state index in [1.165, 1.54) is 17.3 Å². The van der Waals surface area contributed by atoms with Gasteiger partial charge < -0.3 is 4.90 Å². The summed E-state index contributed by atoms with van der Waals surface area (Å²) in [4.78, 5) is 23.7. The van der Waals surface area contributed by atoms with E-state index >= 15 is 0 Å². The Morgan fingerprint density at radius 3 is 2.69 bits per heavy atom. The van der Waals surface area contributed by atoms with Gasteiger partial charge in [-0.05, 0) is 43.9 Å². The molecule has 0 spiro atoms. The molecule has 0 saturated carbocycles. The van der Waals surface area contributed by atoms with Gasteiger partial charge in [-0.15, -0.1) is 5.10 Å². The second-order valence-corrected chi connectivity index (χ2v) is 8.39. The predicted molar refractivity (Wildman–Crippen MR) is 112 cm³/mol. The lowest BCUT2D eigenvalue weighted by molar-refractivity contribution is 0.0676. The van der Waals surface area contributed by atoms with Crippen LogP contribution in [0.4, 0.5) is 0 Å². The van der Waals surface area contributed by atoms with Crippen molar-refractivity contribution in [3.63, 3.8) is 0 Å². The van der Waals surface area contributed by atoms with E-state index in [-0.39, 0.29) is 5.91 Å². The lowest BCUT2D eigenvalue weighted by atomic mass is 10.00. The van der Waals surface area contributed by atoms with Gasteiger partial charge in [0.15, 0.2) is 10.9 Å². The zero-order valence-corrected chi connectivity index (χ0v) is 17.5. The molecule has 1 amide bonds. The normalized spacial score (nSPS) is 16.8. The molecule has 1 atom stereocenters. The first-order valence-electron chi connectivity index (χ1n) is 9.82. The third-order valence-electron chi connectivity index (χ3n) is 5.07. The fourth-order valence-electron chi connectivity index (χ4n) is 3.51. The highest BCUT2D eigenvalue weighted by molar-refractivity contribution is 7.98. The lowest BCUT2D eigenvalue weighted by Gasteiger charge is -2.30. The Morgan fingerprint density at radius 2 is 1.97 bits per heavy atom. The van der Waals surface area contributed by atoms with Gasteiger partial charge in [0.05, 0.1) is 11.4 Å². The van der Waals surface area contributed by atoms with Gasteiger partial charge in [-0.3, -0.25) is 4.79 Å². The summed E-state index contributed by atoms with van der Waals surface area (Å²) in [6, 6.07) is 9.83. The molecule has 150 valence electrons. The van der Waals surface area contributed by atoms with E-state index < -0.39 is 0 Å². The first kappa shape index (κ1) is 19.6. The van der Waals surface area contributed by atoms with E-state index in [9.17, 15) is 4.79 Å². The van der Waals surface area contributed by atoms with Crippen molar-refractivity contribution in [2.75, 3.05) is 13.1 Å². The first-order chi connectivity index (χ1) is 14.1. The fraction of sp³-hybridized carbons (Fsp3) is 0.381. The molecule has 1 unspecified atom stereocenters. The van der Waals surface area contributed by atoms with Crippen LogP contribution in [-0.2, 0) is 5.75 Å². The molecule has 7 nitrogen and oxygen atoms in total. The third kappa shape index (κ3) is 4.48. The lowest BCUT2D eigenvalue weighted by Crippen LogP contribution is -2.39. The van der Waals surface area contributed by atoms with Crippen molar-refractivity contribution < 1.29 is 4.79 Å². The average Bonchev–Trinajstić information content (AvgIpc) is 3.17. The van der Waals surface area contributed by atoms with Gasteiger partial charge in [0.2, 0.25) is 0 Å². The Morgan fingerprint density at radius 1 is 1.21 bits per heavy atom. The van der Waals surface area contributed by atoms with Gasteiger partial charge in [0.25, 0.3) is 5.91 Å². The molecule has 2 aromatic heterocycles. The molecule has 1 saturated heterocycles. The van der Waals surface area contributed by atoms with E-state index in [2.05, 4.69) is 27.2 Å². The van der Waals surface area contributed by atoms with Crippen LogP contribution in [0.5, 0.6) is 0 Å². The molecule has 3 heterocycles. The van der Waals surface area contributed by atoms with Crippen molar-refractivity contribution >= 4 is 17.7 Å². The maximum Gasteiger partial charge on any atom is 0.276 e. The minimum Gasteiger partial charge on any atom is -0.337 e. The van der Waals surface area contributed by atoms with Crippen LogP contribution in [0.15, 0.2) is 47.9 Å². The summed E-state index contributed by atoms with van der Waals surface area (Å²) in [6.07, 6.45) is 5.62. The van der Waals surface area contributed by atoms with Gasteiger partial charge in [-0.2, -0.15) is 0 Å². The van der Waals surface area contributed by atoms with Crippen molar-refractivity contribution in [1.82, 2.24) is 29.9 Å². The van der Waals surface area contributed by atoms with Gasteiger partial charge in [0.1, 0.15) is 0 Å². The van der Waals surface area contributed by atoms with E-state index in [1.54, 1.807) is 23.1 Å². The number of piperidine rings is 1. The maximum absolute atomic E-state index is 13.2. The van der Waals surface area contributed by atoms with E-state index in [1.807, 2.05) is 36.1 Å². The van der Waals surface area contributed by atoms with E-state index in [4.69, 9.17) is 0 Å². The predicted octanol–water partition coefficient (Wildman–Crippen LogP) is 3.53. The highest BCUT2D eigenvalue weighted by Crippen LogP contribution is 2.25. The molecule has 0 bridgehead atoms. The number of likely N-dealkylation sites (tertiary alicyclic amines) is 1.